The Morgan fingerprint density at radius 1 is 1.05 bits per heavy atom. The van der Waals surface area contributed by atoms with Gasteiger partial charge in [0, 0.05) is 10.0 Å². The molecule has 0 radical (unpaired) electrons. The van der Waals surface area contributed by atoms with Crippen LogP contribution in [0.25, 0.3) is 0 Å². The molecule has 2 aromatic carbocycles. The average Bonchev–Trinajstić information content (AvgIpc) is 2.46. The van der Waals surface area contributed by atoms with E-state index < -0.39 is 6.04 Å². The van der Waals surface area contributed by atoms with Gasteiger partial charge in [0.1, 0.15) is 19.0 Å². The number of hydrogen-bond acceptors (Lipinski definition) is 3. The summed E-state index contributed by atoms with van der Waals surface area (Å²) in [6.45, 7) is 1.03. The van der Waals surface area contributed by atoms with Crippen LogP contribution in [-0.4, -0.2) is 13.2 Å². The molecule has 0 aliphatic carbocycles. The summed E-state index contributed by atoms with van der Waals surface area (Å²) < 4.78 is 25.7. The number of rotatable bonds is 2. The molecule has 1 aliphatic heterocycles. The van der Waals surface area contributed by atoms with Gasteiger partial charge in [-0.3, -0.25) is 0 Å². The van der Waals surface area contributed by atoms with Gasteiger partial charge < -0.3 is 15.2 Å². The number of halogens is 2. The van der Waals surface area contributed by atoms with Crippen LogP contribution in [0.3, 0.4) is 0 Å². The number of fused-ring (bicyclic) bond motifs is 1. The van der Waals surface area contributed by atoms with Crippen molar-refractivity contribution in [3.05, 3.63) is 57.8 Å². The van der Waals surface area contributed by atoms with Gasteiger partial charge in [-0.15, -0.1) is 0 Å². The topological polar surface area (TPSA) is 44.5 Å². The third-order valence-corrected chi connectivity index (χ3v) is 3.92. The predicted octanol–water partition coefficient (Wildman–Crippen LogP) is 3.41. The first-order valence-corrected chi connectivity index (χ1v) is 7.05. The van der Waals surface area contributed by atoms with Gasteiger partial charge in [-0.25, -0.2) is 4.39 Å². The highest BCUT2D eigenvalue weighted by atomic mass is 79.9. The van der Waals surface area contributed by atoms with Crippen molar-refractivity contribution in [2.45, 2.75) is 6.04 Å². The van der Waals surface area contributed by atoms with E-state index in [2.05, 4.69) is 15.9 Å². The van der Waals surface area contributed by atoms with Crippen molar-refractivity contribution in [3.8, 4) is 11.5 Å². The zero-order valence-electron chi connectivity index (χ0n) is 10.6. The van der Waals surface area contributed by atoms with Gasteiger partial charge in [-0.2, -0.15) is 0 Å². The lowest BCUT2D eigenvalue weighted by Crippen LogP contribution is -2.18. The molecule has 0 fully saturated rings. The fourth-order valence-corrected chi connectivity index (χ4v) is 2.78. The van der Waals surface area contributed by atoms with Crippen molar-refractivity contribution >= 4 is 15.9 Å². The van der Waals surface area contributed by atoms with Crippen LogP contribution >= 0.6 is 15.9 Å². The first kappa shape index (κ1) is 13.4. The lowest BCUT2D eigenvalue weighted by molar-refractivity contribution is 0.171. The number of benzene rings is 2. The van der Waals surface area contributed by atoms with E-state index in [4.69, 9.17) is 15.2 Å². The molecule has 20 heavy (non-hydrogen) atoms. The van der Waals surface area contributed by atoms with Crippen LogP contribution in [0.4, 0.5) is 4.39 Å². The van der Waals surface area contributed by atoms with Crippen LogP contribution in [0.15, 0.2) is 40.9 Å². The van der Waals surface area contributed by atoms with Crippen molar-refractivity contribution in [2.24, 2.45) is 5.73 Å². The Morgan fingerprint density at radius 3 is 2.40 bits per heavy atom. The van der Waals surface area contributed by atoms with Gasteiger partial charge >= 0.3 is 0 Å². The highest BCUT2D eigenvalue weighted by molar-refractivity contribution is 9.10. The molecular formula is C15H13BrFNO2. The van der Waals surface area contributed by atoms with E-state index in [1.54, 1.807) is 24.3 Å². The standard InChI is InChI=1S/C15H13BrFNO2/c16-11-8-14-13(19-5-6-20-14)7-10(11)15(18)9-3-1-2-4-12(9)17/h1-4,7-8,15H,5-6,18H2. The Bertz CT molecular complexity index is 648. The van der Waals surface area contributed by atoms with Crippen LogP contribution in [-0.2, 0) is 0 Å². The van der Waals surface area contributed by atoms with Crippen LogP contribution < -0.4 is 15.2 Å². The minimum absolute atomic E-state index is 0.318. The highest BCUT2D eigenvalue weighted by Gasteiger charge is 2.20. The second-order valence-electron chi connectivity index (χ2n) is 4.52. The number of nitrogens with two attached hydrogens (primary N) is 1. The van der Waals surface area contributed by atoms with Crippen molar-refractivity contribution in [3.63, 3.8) is 0 Å². The minimum atomic E-state index is -0.568. The van der Waals surface area contributed by atoms with Gasteiger partial charge in [0.25, 0.3) is 0 Å². The summed E-state index contributed by atoms with van der Waals surface area (Å²) in [6.07, 6.45) is 0. The fraction of sp³-hybridized carbons (Fsp3) is 0.200. The largest absolute Gasteiger partial charge is 0.486 e. The molecule has 3 rings (SSSR count). The lowest BCUT2D eigenvalue weighted by Gasteiger charge is -2.22. The molecule has 1 unspecified atom stereocenters. The molecule has 1 atom stereocenters. The molecular weight excluding hydrogens is 325 g/mol. The summed E-state index contributed by atoms with van der Waals surface area (Å²) >= 11 is 3.46. The van der Waals surface area contributed by atoms with Crippen molar-refractivity contribution in [1.82, 2.24) is 0 Å². The van der Waals surface area contributed by atoms with E-state index in [1.165, 1.54) is 6.07 Å². The minimum Gasteiger partial charge on any atom is -0.486 e. The fourth-order valence-electron chi connectivity index (χ4n) is 2.21. The third kappa shape index (κ3) is 2.39. The normalized spacial score (nSPS) is 14.9. The second-order valence-corrected chi connectivity index (χ2v) is 5.37. The van der Waals surface area contributed by atoms with E-state index in [9.17, 15) is 4.39 Å². The van der Waals surface area contributed by atoms with Crippen molar-refractivity contribution in [1.29, 1.82) is 0 Å². The molecule has 3 nitrogen and oxygen atoms in total. The van der Waals surface area contributed by atoms with Crippen LogP contribution in [0.2, 0.25) is 0 Å². The molecule has 1 heterocycles. The Balaban J connectivity index is 2.03. The Kier molecular flexibility index (Phi) is 3.63. The summed E-state index contributed by atoms with van der Waals surface area (Å²) in [7, 11) is 0. The van der Waals surface area contributed by atoms with Gasteiger partial charge in [-0.1, -0.05) is 34.1 Å². The number of hydrogen-bond donors (Lipinski definition) is 1. The smallest absolute Gasteiger partial charge is 0.162 e. The molecule has 0 aromatic heterocycles. The molecule has 5 heteroatoms. The summed E-state index contributed by atoms with van der Waals surface area (Å²) in [5.74, 6) is 0.996. The Morgan fingerprint density at radius 2 is 1.70 bits per heavy atom. The van der Waals surface area contributed by atoms with Crippen molar-refractivity contribution in [2.75, 3.05) is 13.2 Å². The first-order chi connectivity index (χ1) is 9.66. The molecule has 0 spiro atoms. The zero-order chi connectivity index (χ0) is 14.1. The van der Waals surface area contributed by atoms with E-state index in [0.717, 1.165) is 10.0 Å². The van der Waals surface area contributed by atoms with Crippen LogP contribution in [0.1, 0.15) is 17.2 Å². The Hall–Kier alpha value is -1.59. The molecule has 2 N–H and O–H groups in total. The predicted molar refractivity (Wildman–Crippen MR) is 77.6 cm³/mol. The summed E-state index contributed by atoms with van der Waals surface area (Å²) in [4.78, 5) is 0. The van der Waals surface area contributed by atoms with E-state index in [0.29, 0.717) is 30.3 Å². The molecule has 0 amide bonds. The van der Waals surface area contributed by atoms with Crippen LogP contribution in [0.5, 0.6) is 11.5 Å². The van der Waals surface area contributed by atoms with E-state index in [1.807, 2.05) is 6.07 Å². The maximum Gasteiger partial charge on any atom is 0.162 e. The lowest BCUT2D eigenvalue weighted by atomic mass is 9.98. The van der Waals surface area contributed by atoms with E-state index >= 15 is 0 Å². The quantitative estimate of drug-likeness (QED) is 0.913. The maximum atomic E-state index is 13.8. The summed E-state index contributed by atoms with van der Waals surface area (Å²) in [6, 6.07) is 9.54. The average molecular weight is 338 g/mol. The first-order valence-electron chi connectivity index (χ1n) is 6.26. The van der Waals surface area contributed by atoms with Gasteiger partial charge in [0.2, 0.25) is 0 Å². The third-order valence-electron chi connectivity index (χ3n) is 3.24. The summed E-state index contributed by atoms with van der Waals surface area (Å²) in [5.41, 5.74) is 7.40. The van der Waals surface area contributed by atoms with Crippen molar-refractivity contribution < 1.29 is 13.9 Å². The molecule has 0 saturated carbocycles. The zero-order valence-corrected chi connectivity index (χ0v) is 12.2. The van der Waals surface area contributed by atoms with Crippen LogP contribution in [0, 0.1) is 5.82 Å². The molecule has 0 saturated heterocycles. The molecule has 2 aromatic rings. The van der Waals surface area contributed by atoms with Gasteiger partial charge in [0.15, 0.2) is 11.5 Å². The monoisotopic (exact) mass is 337 g/mol. The number of ether oxygens (including phenoxy) is 2. The maximum absolute atomic E-state index is 13.8. The van der Waals surface area contributed by atoms with Gasteiger partial charge in [-0.05, 0) is 23.8 Å². The van der Waals surface area contributed by atoms with E-state index in [-0.39, 0.29) is 5.82 Å². The highest BCUT2D eigenvalue weighted by Crippen LogP contribution is 2.39. The summed E-state index contributed by atoms with van der Waals surface area (Å²) in [5, 5.41) is 0. The Labute approximate surface area is 124 Å². The molecule has 0 bridgehead atoms. The second kappa shape index (κ2) is 5.42. The molecule has 1 aliphatic rings. The SMILES string of the molecule is NC(c1ccccc1F)c1cc2c(cc1Br)OCCO2. The molecule has 104 valence electrons. The van der Waals surface area contributed by atoms with Gasteiger partial charge in [0.05, 0.1) is 6.04 Å².